The Labute approximate surface area is 148 Å². The summed E-state index contributed by atoms with van der Waals surface area (Å²) in [7, 11) is 0. The molecule has 4 heterocycles. The molecule has 3 aromatic rings. The molecule has 124 valence electrons. The van der Waals surface area contributed by atoms with E-state index in [4.69, 9.17) is 0 Å². The van der Waals surface area contributed by atoms with E-state index in [1.165, 1.54) is 39.3 Å². The maximum atomic E-state index is 4.63. The molecular weight excluding hydrogens is 306 g/mol. The van der Waals surface area contributed by atoms with Crippen LogP contribution < -0.4 is 4.90 Å². The van der Waals surface area contributed by atoms with Crippen molar-refractivity contribution >= 4 is 17.1 Å². The van der Waals surface area contributed by atoms with Crippen molar-refractivity contribution in [2.45, 2.75) is 38.5 Å². The average Bonchev–Trinajstić information content (AvgIpc) is 2.61. The third kappa shape index (κ3) is 1.66. The van der Waals surface area contributed by atoms with Gasteiger partial charge < -0.3 is 4.90 Å². The number of hydrogen-bond acceptors (Lipinski definition) is 3. The molecule has 0 radical (unpaired) electrons. The monoisotopic (exact) mass is 327 g/mol. The summed E-state index contributed by atoms with van der Waals surface area (Å²) in [5.74, 6) is 0. The average molecular weight is 327 g/mol. The highest BCUT2D eigenvalue weighted by atomic mass is 15.2. The number of hydrogen-bond donors (Lipinski definition) is 0. The molecule has 0 amide bonds. The predicted molar refractivity (Wildman–Crippen MR) is 101 cm³/mol. The summed E-state index contributed by atoms with van der Waals surface area (Å²) >= 11 is 0. The molecule has 0 saturated heterocycles. The van der Waals surface area contributed by atoms with E-state index < -0.39 is 0 Å². The molecule has 2 aliphatic heterocycles. The van der Waals surface area contributed by atoms with Crippen molar-refractivity contribution in [3.63, 3.8) is 0 Å². The Balaban J connectivity index is 1.97. The van der Waals surface area contributed by atoms with Crippen molar-refractivity contribution in [2.24, 2.45) is 0 Å². The van der Waals surface area contributed by atoms with Gasteiger partial charge in [-0.25, -0.2) is 0 Å². The minimum atomic E-state index is -0.102. The minimum absolute atomic E-state index is 0.0821. The summed E-state index contributed by atoms with van der Waals surface area (Å²) in [6.45, 7) is 9.17. The summed E-state index contributed by atoms with van der Waals surface area (Å²) in [6, 6.07) is 10.9. The molecule has 0 aliphatic carbocycles. The van der Waals surface area contributed by atoms with Gasteiger partial charge in [0.1, 0.15) is 0 Å². The molecule has 25 heavy (non-hydrogen) atoms. The first kappa shape index (κ1) is 14.6. The minimum Gasteiger partial charge on any atom is -0.308 e. The fraction of sp³-hybridized carbons (Fsp3) is 0.273. The van der Waals surface area contributed by atoms with Crippen molar-refractivity contribution in [2.75, 3.05) is 4.90 Å². The zero-order valence-corrected chi connectivity index (χ0v) is 15.0. The molecular formula is C22H21N3. The normalized spacial score (nSPS) is 18.2. The van der Waals surface area contributed by atoms with E-state index in [1.807, 2.05) is 24.8 Å². The van der Waals surface area contributed by atoms with Crippen molar-refractivity contribution in [1.82, 2.24) is 9.97 Å². The molecule has 0 N–H and O–H groups in total. The molecule has 0 bridgehead atoms. The van der Waals surface area contributed by atoms with E-state index in [2.05, 4.69) is 72.9 Å². The van der Waals surface area contributed by atoms with Crippen LogP contribution in [0.2, 0.25) is 0 Å². The molecule has 0 atom stereocenters. The molecule has 2 aliphatic rings. The SMILES string of the molecule is CC1(C)c2ccccc2N2c3cnccc3C(C)(C)c3cncc1c32. The van der Waals surface area contributed by atoms with Crippen LogP contribution >= 0.6 is 0 Å². The first-order valence-electron chi connectivity index (χ1n) is 8.77. The Bertz CT molecular complexity index is 940. The van der Waals surface area contributed by atoms with Crippen LogP contribution in [0.1, 0.15) is 49.9 Å². The van der Waals surface area contributed by atoms with Gasteiger partial charge in [-0.1, -0.05) is 45.9 Å². The lowest BCUT2D eigenvalue weighted by atomic mass is 9.67. The molecule has 0 unspecified atom stereocenters. The second kappa shape index (κ2) is 4.48. The second-order valence-corrected chi connectivity index (χ2v) is 8.08. The summed E-state index contributed by atoms with van der Waals surface area (Å²) in [5, 5.41) is 0. The molecule has 0 fully saturated rings. The maximum Gasteiger partial charge on any atom is 0.0686 e. The maximum absolute atomic E-state index is 4.63. The van der Waals surface area contributed by atoms with Gasteiger partial charge in [0.25, 0.3) is 0 Å². The summed E-state index contributed by atoms with van der Waals surface area (Å²) in [5.41, 5.74) is 8.71. The van der Waals surface area contributed by atoms with Gasteiger partial charge in [0.2, 0.25) is 0 Å². The third-order valence-electron chi connectivity index (χ3n) is 6.02. The molecule has 0 saturated carbocycles. The van der Waals surface area contributed by atoms with E-state index in [0.717, 1.165) is 0 Å². The molecule has 2 aromatic heterocycles. The largest absolute Gasteiger partial charge is 0.308 e. The lowest BCUT2D eigenvalue weighted by Gasteiger charge is -2.48. The van der Waals surface area contributed by atoms with Gasteiger partial charge in [-0.2, -0.15) is 0 Å². The summed E-state index contributed by atoms with van der Waals surface area (Å²) in [4.78, 5) is 11.5. The van der Waals surface area contributed by atoms with Crippen LogP contribution in [0, 0.1) is 0 Å². The van der Waals surface area contributed by atoms with Gasteiger partial charge in [-0.05, 0) is 23.3 Å². The van der Waals surface area contributed by atoms with E-state index in [-0.39, 0.29) is 10.8 Å². The van der Waals surface area contributed by atoms with Crippen LogP contribution in [0.25, 0.3) is 0 Å². The van der Waals surface area contributed by atoms with Crippen molar-refractivity contribution in [3.05, 3.63) is 77.4 Å². The lowest BCUT2D eigenvalue weighted by molar-refractivity contribution is 0.591. The highest BCUT2D eigenvalue weighted by Gasteiger charge is 2.45. The van der Waals surface area contributed by atoms with Gasteiger partial charge in [0.05, 0.1) is 23.3 Å². The van der Waals surface area contributed by atoms with Crippen LogP contribution in [0.3, 0.4) is 0 Å². The van der Waals surface area contributed by atoms with E-state index in [1.54, 1.807) is 0 Å². The van der Waals surface area contributed by atoms with Gasteiger partial charge in [0.15, 0.2) is 0 Å². The Kier molecular flexibility index (Phi) is 2.63. The molecule has 3 nitrogen and oxygen atoms in total. The van der Waals surface area contributed by atoms with Crippen molar-refractivity contribution in [1.29, 1.82) is 0 Å². The fourth-order valence-electron chi connectivity index (χ4n) is 4.56. The molecule has 5 rings (SSSR count). The Morgan fingerprint density at radius 3 is 2.04 bits per heavy atom. The smallest absolute Gasteiger partial charge is 0.0686 e. The summed E-state index contributed by atoms with van der Waals surface area (Å²) < 4.78 is 0. The number of fused-ring (bicyclic) bond motifs is 4. The highest BCUT2D eigenvalue weighted by molar-refractivity contribution is 5.91. The van der Waals surface area contributed by atoms with E-state index in [0.29, 0.717) is 0 Å². The van der Waals surface area contributed by atoms with Gasteiger partial charge in [0, 0.05) is 40.5 Å². The van der Waals surface area contributed by atoms with Gasteiger partial charge >= 0.3 is 0 Å². The van der Waals surface area contributed by atoms with Crippen molar-refractivity contribution < 1.29 is 0 Å². The molecule has 1 aromatic carbocycles. The lowest BCUT2D eigenvalue weighted by Crippen LogP contribution is -2.38. The highest BCUT2D eigenvalue weighted by Crippen LogP contribution is 2.59. The van der Waals surface area contributed by atoms with Gasteiger partial charge in [-0.15, -0.1) is 0 Å². The van der Waals surface area contributed by atoms with Crippen LogP contribution in [-0.4, -0.2) is 9.97 Å². The standard InChI is InChI=1S/C22H21N3/c1-21(2)14-7-5-6-8-18(14)25-19-13-23-10-9-15(19)22(3,4)17-12-24-11-16(21)20(17)25/h5-13H,1-4H3. The number of benzene rings is 1. The van der Waals surface area contributed by atoms with E-state index >= 15 is 0 Å². The van der Waals surface area contributed by atoms with E-state index in [9.17, 15) is 0 Å². The van der Waals surface area contributed by atoms with Crippen molar-refractivity contribution in [3.8, 4) is 0 Å². The Morgan fingerprint density at radius 1 is 0.680 bits per heavy atom. The fourth-order valence-corrected chi connectivity index (χ4v) is 4.56. The zero-order chi connectivity index (χ0) is 17.4. The zero-order valence-electron chi connectivity index (χ0n) is 15.0. The van der Waals surface area contributed by atoms with Crippen LogP contribution in [0.15, 0.2) is 55.1 Å². The first-order valence-corrected chi connectivity index (χ1v) is 8.77. The topological polar surface area (TPSA) is 29.0 Å². The molecule has 3 heteroatoms. The Morgan fingerprint density at radius 2 is 1.32 bits per heavy atom. The summed E-state index contributed by atoms with van der Waals surface area (Å²) in [6.07, 6.45) is 7.97. The number of aromatic nitrogens is 2. The number of para-hydroxylation sites is 1. The second-order valence-electron chi connectivity index (χ2n) is 8.08. The van der Waals surface area contributed by atoms with Crippen LogP contribution in [0.5, 0.6) is 0 Å². The van der Waals surface area contributed by atoms with Crippen LogP contribution in [-0.2, 0) is 10.8 Å². The third-order valence-corrected chi connectivity index (χ3v) is 6.02. The Hall–Kier alpha value is -2.68. The number of nitrogens with zero attached hydrogens (tertiary/aromatic N) is 3. The number of pyridine rings is 2. The quantitative estimate of drug-likeness (QED) is 0.566. The number of rotatable bonds is 0. The predicted octanol–water partition coefficient (Wildman–Crippen LogP) is 5.23. The van der Waals surface area contributed by atoms with Crippen LogP contribution in [0.4, 0.5) is 17.1 Å². The first-order chi connectivity index (χ1) is 11.9. The number of anilines is 3. The van der Waals surface area contributed by atoms with Gasteiger partial charge in [-0.3, -0.25) is 9.97 Å². The molecule has 0 spiro atoms.